The lowest BCUT2D eigenvalue weighted by Crippen LogP contribution is -2.28. The molecule has 7 heteroatoms. The van der Waals surface area contributed by atoms with Crippen LogP contribution in [0.5, 0.6) is 0 Å². The van der Waals surface area contributed by atoms with Crippen molar-refractivity contribution in [3.63, 3.8) is 0 Å². The summed E-state index contributed by atoms with van der Waals surface area (Å²) in [5.74, 6) is -1.10. The van der Waals surface area contributed by atoms with E-state index in [-0.39, 0.29) is 10.5 Å². The van der Waals surface area contributed by atoms with E-state index >= 15 is 0 Å². The number of aromatic carboxylic acids is 1. The van der Waals surface area contributed by atoms with Crippen LogP contribution >= 0.6 is 22.6 Å². The van der Waals surface area contributed by atoms with Gasteiger partial charge in [-0.3, -0.25) is 0 Å². The molecule has 1 aliphatic rings. The molecule has 1 aromatic carbocycles. The summed E-state index contributed by atoms with van der Waals surface area (Å²) in [4.78, 5) is 11.2. The minimum Gasteiger partial charge on any atom is -0.478 e. The average molecular weight is 395 g/mol. The molecule has 1 aromatic rings. The van der Waals surface area contributed by atoms with Crippen molar-refractivity contribution in [1.29, 1.82) is 0 Å². The van der Waals surface area contributed by atoms with Crippen LogP contribution in [0.3, 0.4) is 0 Å². The number of carboxylic acids is 1. The van der Waals surface area contributed by atoms with Crippen molar-refractivity contribution in [2.75, 3.05) is 13.1 Å². The summed E-state index contributed by atoms with van der Waals surface area (Å²) >= 11 is 1.97. The van der Waals surface area contributed by atoms with Gasteiger partial charge in [-0.2, -0.15) is 4.31 Å². The number of hydrogen-bond donors (Lipinski definition) is 1. The van der Waals surface area contributed by atoms with Crippen LogP contribution in [0.4, 0.5) is 0 Å². The number of carbonyl (C=O) groups is 1. The van der Waals surface area contributed by atoms with Crippen molar-refractivity contribution in [2.45, 2.75) is 24.7 Å². The molecular weight excluding hydrogens is 381 g/mol. The predicted molar refractivity (Wildman–Crippen MR) is 78.8 cm³/mol. The number of carboxylic acid groups (broad SMARTS) is 1. The maximum Gasteiger partial charge on any atom is 0.336 e. The molecule has 2 rings (SSSR count). The van der Waals surface area contributed by atoms with Gasteiger partial charge in [-0.05, 0) is 60.1 Å². The van der Waals surface area contributed by atoms with Crippen LogP contribution in [-0.2, 0) is 10.0 Å². The second-order valence-corrected chi connectivity index (χ2v) is 7.59. The van der Waals surface area contributed by atoms with Crippen molar-refractivity contribution in [3.8, 4) is 0 Å². The molecular formula is C12H14INO4S. The topological polar surface area (TPSA) is 74.7 Å². The minimum absolute atomic E-state index is 0.0460. The summed E-state index contributed by atoms with van der Waals surface area (Å²) in [6.07, 6.45) is 1.71. The summed E-state index contributed by atoms with van der Waals surface area (Å²) in [6, 6.07) is 2.80. The highest BCUT2D eigenvalue weighted by atomic mass is 127. The number of benzene rings is 1. The van der Waals surface area contributed by atoms with Gasteiger partial charge < -0.3 is 5.11 Å². The van der Waals surface area contributed by atoms with E-state index in [9.17, 15) is 13.2 Å². The van der Waals surface area contributed by atoms with E-state index in [1.54, 1.807) is 6.92 Å². The van der Waals surface area contributed by atoms with E-state index in [2.05, 4.69) is 0 Å². The molecule has 5 nitrogen and oxygen atoms in total. The fraction of sp³-hybridized carbons (Fsp3) is 0.417. The fourth-order valence-electron chi connectivity index (χ4n) is 2.10. The molecule has 1 N–H and O–H groups in total. The number of halogens is 1. The van der Waals surface area contributed by atoms with E-state index in [0.717, 1.165) is 12.8 Å². The highest BCUT2D eigenvalue weighted by molar-refractivity contribution is 14.1. The highest BCUT2D eigenvalue weighted by Gasteiger charge is 2.28. The number of nitrogens with zero attached hydrogens (tertiary/aromatic N) is 1. The molecule has 19 heavy (non-hydrogen) atoms. The van der Waals surface area contributed by atoms with Gasteiger partial charge in [0.05, 0.1) is 10.5 Å². The van der Waals surface area contributed by atoms with Gasteiger partial charge in [0.1, 0.15) is 0 Å². The third-order valence-electron chi connectivity index (χ3n) is 3.25. The Morgan fingerprint density at radius 3 is 2.42 bits per heavy atom. The highest BCUT2D eigenvalue weighted by Crippen LogP contribution is 2.26. The van der Waals surface area contributed by atoms with Gasteiger partial charge in [0, 0.05) is 16.7 Å². The Kier molecular flexibility index (Phi) is 4.17. The second kappa shape index (κ2) is 5.37. The molecule has 0 aromatic heterocycles. The molecule has 0 atom stereocenters. The maximum atomic E-state index is 12.4. The third-order valence-corrected chi connectivity index (χ3v) is 6.25. The van der Waals surface area contributed by atoms with Crippen molar-refractivity contribution >= 4 is 38.6 Å². The Labute approximate surface area is 125 Å². The van der Waals surface area contributed by atoms with Gasteiger partial charge in [-0.15, -0.1) is 0 Å². The quantitative estimate of drug-likeness (QED) is 0.796. The first kappa shape index (κ1) is 14.7. The van der Waals surface area contributed by atoms with E-state index in [1.165, 1.54) is 16.4 Å². The Hall–Kier alpha value is -0.670. The largest absolute Gasteiger partial charge is 0.478 e. The molecule has 0 amide bonds. The van der Waals surface area contributed by atoms with Crippen molar-refractivity contribution in [3.05, 3.63) is 26.8 Å². The van der Waals surface area contributed by atoms with Gasteiger partial charge in [-0.25, -0.2) is 13.2 Å². The second-order valence-electron chi connectivity index (χ2n) is 4.49. The zero-order valence-electron chi connectivity index (χ0n) is 10.4. The van der Waals surface area contributed by atoms with Crippen LogP contribution in [-0.4, -0.2) is 36.9 Å². The first-order valence-electron chi connectivity index (χ1n) is 5.87. The summed E-state index contributed by atoms with van der Waals surface area (Å²) in [5, 5.41) is 9.13. The Bertz CT molecular complexity index is 621. The molecule has 0 bridgehead atoms. The molecule has 1 aliphatic heterocycles. The van der Waals surface area contributed by atoms with Crippen molar-refractivity contribution in [1.82, 2.24) is 4.31 Å². The first-order valence-corrected chi connectivity index (χ1v) is 8.39. The van der Waals surface area contributed by atoms with Crippen molar-refractivity contribution < 1.29 is 18.3 Å². The molecule has 1 fully saturated rings. The number of hydrogen-bond acceptors (Lipinski definition) is 3. The SMILES string of the molecule is Cc1c(I)cc(S(=O)(=O)N2CCCC2)cc1C(=O)O. The molecule has 1 heterocycles. The van der Waals surface area contributed by atoms with Gasteiger partial charge in [-0.1, -0.05) is 0 Å². The zero-order chi connectivity index (χ0) is 14.2. The van der Waals surface area contributed by atoms with Crippen LogP contribution in [0.15, 0.2) is 17.0 Å². The number of sulfonamides is 1. The van der Waals surface area contributed by atoms with E-state index in [0.29, 0.717) is 22.2 Å². The zero-order valence-corrected chi connectivity index (χ0v) is 13.4. The molecule has 0 radical (unpaired) electrons. The van der Waals surface area contributed by atoms with E-state index in [1.807, 2.05) is 22.6 Å². The van der Waals surface area contributed by atoms with Gasteiger partial charge >= 0.3 is 5.97 Å². The average Bonchev–Trinajstić information content (AvgIpc) is 2.86. The van der Waals surface area contributed by atoms with Crippen LogP contribution in [0.2, 0.25) is 0 Å². The van der Waals surface area contributed by atoms with Crippen molar-refractivity contribution in [2.24, 2.45) is 0 Å². The minimum atomic E-state index is -3.57. The monoisotopic (exact) mass is 395 g/mol. The van der Waals surface area contributed by atoms with Gasteiger partial charge in [0.2, 0.25) is 10.0 Å². The standard InChI is InChI=1S/C12H14INO4S/c1-8-10(12(15)16)6-9(7-11(8)13)19(17,18)14-4-2-3-5-14/h6-7H,2-5H2,1H3,(H,15,16). The van der Waals surface area contributed by atoms with Crippen LogP contribution in [0.1, 0.15) is 28.8 Å². The first-order chi connectivity index (χ1) is 8.84. The van der Waals surface area contributed by atoms with Crippen LogP contribution in [0, 0.1) is 10.5 Å². The molecule has 0 unspecified atom stereocenters. The van der Waals surface area contributed by atoms with E-state index in [4.69, 9.17) is 5.11 Å². The Balaban J connectivity index is 2.54. The maximum absolute atomic E-state index is 12.4. The number of rotatable bonds is 3. The summed E-state index contributed by atoms with van der Waals surface area (Å²) in [6.45, 7) is 2.70. The molecule has 104 valence electrons. The molecule has 0 saturated carbocycles. The van der Waals surface area contributed by atoms with Crippen LogP contribution < -0.4 is 0 Å². The fourth-order valence-corrected chi connectivity index (χ4v) is 4.51. The lowest BCUT2D eigenvalue weighted by Gasteiger charge is -2.17. The summed E-state index contributed by atoms with van der Waals surface area (Å²) < 4.78 is 26.9. The summed E-state index contributed by atoms with van der Waals surface area (Å²) in [7, 11) is -3.57. The lowest BCUT2D eigenvalue weighted by atomic mass is 10.1. The predicted octanol–water partition coefficient (Wildman–Crippen LogP) is 2.08. The van der Waals surface area contributed by atoms with Crippen LogP contribution in [0.25, 0.3) is 0 Å². The summed E-state index contributed by atoms with van der Waals surface area (Å²) in [5.41, 5.74) is 0.637. The normalized spacial score (nSPS) is 16.7. The third kappa shape index (κ3) is 2.77. The Morgan fingerprint density at radius 1 is 1.32 bits per heavy atom. The van der Waals surface area contributed by atoms with E-state index < -0.39 is 16.0 Å². The molecule has 1 saturated heterocycles. The van der Waals surface area contributed by atoms with Gasteiger partial charge in [0.15, 0.2) is 0 Å². The Morgan fingerprint density at radius 2 is 1.89 bits per heavy atom. The molecule has 0 aliphatic carbocycles. The van der Waals surface area contributed by atoms with Gasteiger partial charge in [0.25, 0.3) is 0 Å². The lowest BCUT2D eigenvalue weighted by molar-refractivity contribution is 0.0695. The smallest absolute Gasteiger partial charge is 0.336 e. The molecule has 0 spiro atoms.